The molecule has 1 aromatic carbocycles. The van der Waals surface area contributed by atoms with Gasteiger partial charge in [0.1, 0.15) is 11.6 Å². The lowest BCUT2D eigenvalue weighted by Gasteiger charge is -2.43. The number of hydrogen-bond donors (Lipinski definition) is 3. The fourth-order valence-electron chi connectivity index (χ4n) is 4.78. The van der Waals surface area contributed by atoms with Crippen LogP contribution < -0.4 is 10.6 Å². The number of allylic oxidation sites excluding steroid dienone is 2. The summed E-state index contributed by atoms with van der Waals surface area (Å²) in [5.41, 5.74) is 4.60. The first-order valence-corrected chi connectivity index (χ1v) is 10.7. The van der Waals surface area contributed by atoms with Crippen LogP contribution in [-0.4, -0.2) is 61.0 Å². The molecule has 0 amide bonds. The van der Waals surface area contributed by atoms with E-state index in [1.807, 2.05) is 0 Å². The Balaban J connectivity index is 1.51. The van der Waals surface area contributed by atoms with E-state index in [1.54, 1.807) is 13.1 Å². The van der Waals surface area contributed by atoms with Crippen LogP contribution in [0.4, 0.5) is 4.39 Å². The largest absolute Gasteiger partial charge is 0.507 e. The number of rotatable bonds is 6. The Hall–Kier alpha value is -2.18. The van der Waals surface area contributed by atoms with Gasteiger partial charge >= 0.3 is 0 Å². The van der Waals surface area contributed by atoms with Gasteiger partial charge in [0.25, 0.3) is 0 Å². The van der Waals surface area contributed by atoms with Gasteiger partial charge in [0.15, 0.2) is 0 Å². The predicted molar refractivity (Wildman–Crippen MR) is 115 cm³/mol. The molecule has 5 nitrogen and oxygen atoms in total. The molecule has 0 spiro atoms. The van der Waals surface area contributed by atoms with Crippen molar-refractivity contribution in [2.24, 2.45) is 4.99 Å². The molecule has 29 heavy (non-hydrogen) atoms. The van der Waals surface area contributed by atoms with Crippen molar-refractivity contribution in [3.8, 4) is 5.75 Å². The van der Waals surface area contributed by atoms with Gasteiger partial charge in [-0.2, -0.15) is 0 Å². The summed E-state index contributed by atoms with van der Waals surface area (Å²) in [6.07, 6.45) is 5.25. The topological polar surface area (TPSA) is 59.9 Å². The SMILES string of the molecule is C=C(NC1CCCN(C2CNC2)C1)C1=C(C(=NC)c2ccc(F)cc2O)CCC1. The van der Waals surface area contributed by atoms with Gasteiger partial charge in [-0.15, -0.1) is 0 Å². The van der Waals surface area contributed by atoms with E-state index < -0.39 is 5.82 Å². The zero-order valence-electron chi connectivity index (χ0n) is 17.2. The molecule has 3 aliphatic rings. The number of phenolic OH excluding ortho intramolecular Hbond substituents is 1. The Morgan fingerprint density at radius 1 is 1.28 bits per heavy atom. The van der Waals surface area contributed by atoms with Gasteiger partial charge in [0.2, 0.25) is 0 Å². The summed E-state index contributed by atoms with van der Waals surface area (Å²) in [7, 11) is 1.73. The smallest absolute Gasteiger partial charge is 0.127 e. The van der Waals surface area contributed by atoms with E-state index in [1.165, 1.54) is 24.6 Å². The molecule has 6 heteroatoms. The Morgan fingerprint density at radius 2 is 2.07 bits per heavy atom. The van der Waals surface area contributed by atoms with Gasteiger partial charge in [-0.3, -0.25) is 9.89 Å². The molecule has 2 saturated heterocycles. The highest BCUT2D eigenvalue weighted by atomic mass is 19.1. The summed E-state index contributed by atoms with van der Waals surface area (Å²) < 4.78 is 13.4. The van der Waals surface area contributed by atoms with Crippen LogP contribution >= 0.6 is 0 Å². The summed E-state index contributed by atoms with van der Waals surface area (Å²) in [5, 5.41) is 17.3. The van der Waals surface area contributed by atoms with Crippen molar-refractivity contribution in [1.29, 1.82) is 0 Å². The molecular weight excluding hydrogens is 367 g/mol. The van der Waals surface area contributed by atoms with Crippen molar-refractivity contribution < 1.29 is 9.50 Å². The normalized spacial score (nSPS) is 23.9. The van der Waals surface area contributed by atoms with E-state index in [0.29, 0.717) is 17.6 Å². The monoisotopic (exact) mass is 398 g/mol. The maximum absolute atomic E-state index is 13.4. The lowest BCUT2D eigenvalue weighted by molar-refractivity contribution is 0.105. The number of nitrogens with one attached hydrogen (secondary N) is 2. The highest BCUT2D eigenvalue weighted by Gasteiger charge is 2.30. The molecule has 1 atom stereocenters. The Kier molecular flexibility index (Phi) is 6.01. The van der Waals surface area contributed by atoms with Crippen LogP contribution in [-0.2, 0) is 0 Å². The first-order chi connectivity index (χ1) is 14.1. The van der Waals surface area contributed by atoms with Crippen molar-refractivity contribution >= 4 is 5.71 Å². The minimum atomic E-state index is -0.447. The van der Waals surface area contributed by atoms with Crippen molar-refractivity contribution in [2.45, 2.75) is 44.2 Å². The van der Waals surface area contributed by atoms with E-state index >= 15 is 0 Å². The number of halogens is 1. The van der Waals surface area contributed by atoms with Gasteiger partial charge in [0, 0.05) is 56.1 Å². The molecule has 0 radical (unpaired) electrons. The van der Waals surface area contributed by atoms with Crippen LogP contribution in [0.2, 0.25) is 0 Å². The van der Waals surface area contributed by atoms with Gasteiger partial charge in [-0.25, -0.2) is 4.39 Å². The molecule has 0 saturated carbocycles. The van der Waals surface area contributed by atoms with Crippen molar-refractivity contribution in [3.05, 3.63) is 53.0 Å². The average molecular weight is 399 g/mol. The van der Waals surface area contributed by atoms with Crippen LogP contribution in [0, 0.1) is 5.82 Å². The number of aromatic hydroxyl groups is 1. The van der Waals surface area contributed by atoms with Crippen LogP contribution in [0.3, 0.4) is 0 Å². The Labute approximate surface area is 172 Å². The standard InChI is InChI=1S/C23H31FN4O/c1-15(27-17-5-4-10-28(14-17)18-12-26-13-18)19-6-3-7-20(19)23(25-2)21-9-8-16(24)11-22(21)29/h8-9,11,17-18,26-27,29H,1,3-7,10,12-14H2,2H3. The number of piperidine rings is 1. The third-order valence-electron chi connectivity index (χ3n) is 6.41. The molecule has 2 fully saturated rings. The summed E-state index contributed by atoms with van der Waals surface area (Å²) in [6.45, 7) is 8.79. The second-order valence-electron chi connectivity index (χ2n) is 8.31. The molecule has 4 rings (SSSR count). The number of benzene rings is 1. The van der Waals surface area contributed by atoms with Crippen molar-refractivity contribution in [3.63, 3.8) is 0 Å². The molecule has 1 aromatic rings. The van der Waals surface area contributed by atoms with Gasteiger partial charge in [-0.05, 0) is 61.9 Å². The fraction of sp³-hybridized carbons (Fsp3) is 0.522. The molecule has 3 N–H and O–H groups in total. The van der Waals surface area contributed by atoms with Crippen LogP contribution in [0.15, 0.2) is 46.6 Å². The lowest BCUT2D eigenvalue weighted by Crippen LogP contribution is -2.61. The third kappa shape index (κ3) is 4.23. The summed E-state index contributed by atoms with van der Waals surface area (Å²) >= 11 is 0. The second-order valence-corrected chi connectivity index (χ2v) is 8.31. The highest BCUT2D eigenvalue weighted by Crippen LogP contribution is 2.35. The molecule has 1 unspecified atom stereocenters. The Morgan fingerprint density at radius 3 is 2.76 bits per heavy atom. The van der Waals surface area contributed by atoms with Gasteiger partial charge in [-0.1, -0.05) is 6.58 Å². The van der Waals surface area contributed by atoms with Crippen LogP contribution in [0.5, 0.6) is 5.75 Å². The molecule has 156 valence electrons. The van der Waals surface area contributed by atoms with Crippen LogP contribution in [0.25, 0.3) is 0 Å². The van der Waals surface area contributed by atoms with E-state index in [9.17, 15) is 9.50 Å². The molecule has 2 heterocycles. The van der Waals surface area contributed by atoms with Gasteiger partial charge < -0.3 is 15.7 Å². The maximum atomic E-state index is 13.4. The summed E-state index contributed by atoms with van der Waals surface area (Å²) in [5.74, 6) is -0.517. The molecule has 0 aromatic heterocycles. The Bertz CT molecular complexity index is 843. The number of aliphatic imine (C=N–C) groups is 1. The minimum absolute atomic E-state index is 0.0695. The van der Waals surface area contributed by atoms with Crippen LogP contribution in [0.1, 0.15) is 37.7 Å². The fourth-order valence-corrected chi connectivity index (χ4v) is 4.78. The zero-order valence-corrected chi connectivity index (χ0v) is 17.2. The van der Waals surface area contributed by atoms with E-state index in [-0.39, 0.29) is 5.75 Å². The number of hydrogen-bond acceptors (Lipinski definition) is 5. The zero-order chi connectivity index (χ0) is 20.4. The second kappa shape index (κ2) is 8.67. The van der Waals surface area contributed by atoms with E-state index in [4.69, 9.17) is 0 Å². The highest BCUT2D eigenvalue weighted by molar-refractivity contribution is 6.15. The molecule has 2 aliphatic heterocycles. The van der Waals surface area contributed by atoms with E-state index in [0.717, 1.165) is 68.4 Å². The van der Waals surface area contributed by atoms with Crippen molar-refractivity contribution in [1.82, 2.24) is 15.5 Å². The minimum Gasteiger partial charge on any atom is -0.507 e. The number of phenols is 1. The quantitative estimate of drug-likeness (QED) is 0.645. The molecule has 0 bridgehead atoms. The lowest BCUT2D eigenvalue weighted by atomic mass is 9.96. The number of nitrogens with zero attached hydrogens (tertiary/aromatic N) is 2. The molecule has 1 aliphatic carbocycles. The maximum Gasteiger partial charge on any atom is 0.127 e. The molecular formula is C23H31FN4O. The number of likely N-dealkylation sites (tertiary alicyclic amines) is 1. The first kappa shape index (κ1) is 20.1. The summed E-state index contributed by atoms with van der Waals surface area (Å²) in [6, 6.07) is 5.21. The predicted octanol–water partition coefficient (Wildman–Crippen LogP) is 2.97. The van der Waals surface area contributed by atoms with Gasteiger partial charge in [0.05, 0.1) is 5.71 Å². The summed E-state index contributed by atoms with van der Waals surface area (Å²) in [4.78, 5) is 7.04. The first-order valence-electron chi connectivity index (χ1n) is 10.7. The third-order valence-corrected chi connectivity index (χ3v) is 6.41. The average Bonchev–Trinajstić information content (AvgIpc) is 3.12. The van der Waals surface area contributed by atoms with Crippen molar-refractivity contribution in [2.75, 3.05) is 33.2 Å². The van der Waals surface area contributed by atoms with E-state index in [2.05, 4.69) is 27.1 Å².